The lowest BCUT2D eigenvalue weighted by atomic mass is 9.82. The van der Waals surface area contributed by atoms with Crippen LogP contribution < -0.4 is 9.64 Å². The molecular weight excluding hydrogens is 564 g/mol. The fraction of sp³-hybridized carbons (Fsp3) is 0.514. The summed E-state index contributed by atoms with van der Waals surface area (Å²) in [4.78, 5) is 24.9. The minimum atomic E-state index is -1.08. The monoisotopic (exact) mass is 609 g/mol. The van der Waals surface area contributed by atoms with Gasteiger partial charge in [-0.2, -0.15) is 0 Å². The van der Waals surface area contributed by atoms with Gasteiger partial charge in [0.1, 0.15) is 17.3 Å². The number of esters is 1. The van der Waals surface area contributed by atoms with E-state index in [1.54, 1.807) is 32.2 Å². The summed E-state index contributed by atoms with van der Waals surface area (Å²) >= 11 is 0. The Bertz CT molecular complexity index is 1440. The Morgan fingerprint density at radius 1 is 1.05 bits per heavy atom. The van der Waals surface area contributed by atoms with Crippen LogP contribution in [-0.4, -0.2) is 47.3 Å². The lowest BCUT2D eigenvalue weighted by molar-refractivity contribution is -0.171. The van der Waals surface area contributed by atoms with Crippen LogP contribution >= 0.6 is 0 Å². The van der Waals surface area contributed by atoms with E-state index in [1.807, 2.05) is 27.7 Å². The Labute approximate surface area is 260 Å². The van der Waals surface area contributed by atoms with E-state index >= 15 is 4.39 Å². The summed E-state index contributed by atoms with van der Waals surface area (Å²) in [6.07, 6.45) is 4.06. The summed E-state index contributed by atoms with van der Waals surface area (Å²) in [6.45, 7) is 17.3. The summed E-state index contributed by atoms with van der Waals surface area (Å²) in [5.41, 5.74) is 2.81. The van der Waals surface area contributed by atoms with Crippen LogP contribution in [0.3, 0.4) is 0 Å². The minimum Gasteiger partial charge on any atom is -0.492 e. The quantitative estimate of drug-likeness (QED) is 0.217. The molecule has 0 amide bonds. The van der Waals surface area contributed by atoms with Crippen molar-refractivity contribution < 1.29 is 27.8 Å². The number of benzene rings is 1. The van der Waals surface area contributed by atoms with Crippen LogP contribution in [0.5, 0.6) is 5.75 Å². The average molecular weight is 610 g/mol. The molecule has 3 aromatic rings. The van der Waals surface area contributed by atoms with E-state index in [9.17, 15) is 9.18 Å². The number of anilines is 1. The van der Waals surface area contributed by atoms with Gasteiger partial charge in [-0.05, 0) is 77.5 Å². The van der Waals surface area contributed by atoms with Gasteiger partial charge in [-0.15, -0.1) is 0 Å². The third kappa shape index (κ3) is 8.52. The summed E-state index contributed by atoms with van der Waals surface area (Å²) in [7, 11) is 0. The summed E-state index contributed by atoms with van der Waals surface area (Å²) < 4.78 is 46.9. The van der Waals surface area contributed by atoms with Crippen LogP contribution in [0, 0.1) is 24.0 Å². The average Bonchev–Trinajstić information content (AvgIpc) is 2.92. The van der Waals surface area contributed by atoms with Gasteiger partial charge in [0, 0.05) is 48.6 Å². The van der Waals surface area contributed by atoms with E-state index in [1.165, 1.54) is 24.4 Å². The van der Waals surface area contributed by atoms with Crippen LogP contribution in [0.4, 0.5) is 14.5 Å². The zero-order valence-electron chi connectivity index (χ0n) is 27.2. The lowest BCUT2D eigenvalue weighted by Gasteiger charge is -2.41. The van der Waals surface area contributed by atoms with Crippen molar-refractivity contribution in [2.45, 2.75) is 92.5 Å². The molecule has 4 rings (SSSR count). The molecule has 1 aliphatic heterocycles. The molecule has 44 heavy (non-hydrogen) atoms. The van der Waals surface area contributed by atoms with Crippen LogP contribution in [0.25, 0.3) is 11.3 Å². The number of piperidine rings is 1. The van der Waals surface area contributed by atoms with Crippen molar-refractivity contribution in [3.05, 3.63) is 71.2 Å². The molecule has 0 aliphatic carbocycles. The molecule has 2 aromatic heterocycles. The Morgan fingerprint density at radius 3 is 2.30 bits per heavy atom. The van der Waals surface area contributed by atoms with Crippen LogP contribution in [0.2, 0.25) is 0 Å². The molecule has 0 saturated carbocycles. The minimum absolute atomic E-state index is 0.108. The van der Waals surface area contributed by atoms with E-state index in [0.717, 1.165) is 18.4 Å². The van der Waals surface area contributed by atoms with Crippen molar-refractivity contribution in [2.24, 2.45) is 5.41 Å². The fourth-order valence-corrected chi connectivity index (χ4v) is 5.28. The van der Waals surface area contributed by atoms with Gasteiger partial charge in [0.05, 0.1) is 30.2 Å². The molecular formula is C35H45F2N3O4. The summed E-state index contributed by atoms with van der Waals surface area (Å²) in [5, 5.41) is 0. The number of ether oxygens (including phenoxy) is 3. The molecule has 1 atom stereocenters. The van der Waals surface area contributed by atoms with Gasteiger partial charge in [0.25, 0.3) is 0 Å². The van der Waals surface area contributed by atoms with Gasteiger partial charge >= 0.3 is 5.97 Å². The number of aromatic nitrogens is 2. The van der Waals surface area contributed by atoms with Crippen molar-refractivity contribution in [2.75, 3.05) is 24.6 Å². The maximum absolute atomic E-state index is 15.9. The molecule has 0 N–H and O–H groups in total. The molecule has 7 nitrogen and oxygen atoms in total. The van der Waals surface area contributed by atoms with Crippen molar-refractivity contribution in [1.82, 2.24) is 9.97 Å². The topological polar surface area (TPSA) is 73.8 Å². The summed E-state index contributed by atoms with van der Waals surface area (Å²) in [6, 6.07) is 7.50. The maximum atomic E-state index is 15.9. The number of nitrogens with zero attached hydrogens (tertiary/aromatic N) is 3. The molecule has 0 unspecified atom stereocenters. The molecule has 0 bridgehead atoms. The second-order valence-corrected chi connectivity index (χ2v) is 13.5. The fourth-order valence-electron chi connectivity index (χ4n) is 5.28. The number of aryl methyl sites for hydroxylation is 1. The smallest absolute Gasteiger partial charge is 0.340 e. The molecule has 3 heterocycles. The highest BCUT2D eigenvalue weighted by Gasteiger charge is 2.37. The highest BCUT2D eigenvalue weighted by atomic mass is 19.1. The van der Waals surface area contributed by atoms with Gasteiger partial charge in [-0.1, -0.05) is 26.0 Å². The van der Waals surface area contributed by atoms with E-state index in [2.05, 4.69) is 28.7 Å². The standard InChI is InChI=1S/C35H45F2N3O4/c1-22(2)43-33(41)32(44-34(4,5)6)29-23(3)38-21-27(31(29)40-16-14-35(7,8)15-17-40)30-28(37)19-26(20-39-30)42-18-13-24-9-11-25(36)12-10-24/h9-12,19-22,32H,13-18H2,1-8H3/t32-/m0/s1. The lowest BCUT2D eigenvalue weighted by Crippen LogP contribution is -2.39. The zero-order chi connectivity index (χ0) is 32.2. The third-order valence-corrected chi connectivity index (χ3v) is 7.66. The van der Waals surface area contributed by atoms with Gasteiger partial charge in [-0.3, -0.25) is 4.98 Å². The number of halogens is 2. The number of pyridine rings is 2. The second kappa shape index (κ2) is 13.6. The number of hydrogen-bond acceptors (Lipinski definition) is 7. The number of hydrogen-bond donors (Lipinski definition) is 0. The van der Waals surface area contributed by atoms with Gasteiger partial charge in [0.2, 0.25) is 0 Å². The number of carbonyl (C=O) groups excluding carboxylic acids is 1. The molecule has 9 heteroatoms. The number of rotatable bonds is 10. The van der Waals surface area contributed by atoms with E-state index < -0.39 is 23.5 Å². The normalized spacial score (nSPS) is 15.8. The van der Waals surface area contributed by atoms with Gasteiger partial charge in [0.15, 0.2) is 11.9 Å². The first kappa shape index (κ1) is 33.3. The highest BCUT2D eigenvalue weighted by Crippen LogP contribution is 2.44. The Balaban J connectivity index is 1.75. The largest absolute Gasteiger partial charge is 0.492 e. The molecule has 1 saturated heterocycles. The first-order valence-electron chi connectivity index (χ1n) is 15.3. The van der Waals surface area contributed by atoms with Crippen molar-refractivity contribution >= 4 is 11.7 Å². The van der Waals surface area contributed by atoms with Crippen LogP contribution in [-0.2, 0) is 20.7 Å². The first-order chi connectivity index (χ1) is 20.6. The van der Waals surface area contributed by atoms with Crippen molar-refractivity contribution in [3.8, 4) is 17.0 Å². The Kier molecular flexibility index (Phi) is 10.3. The van der Waals surface area contributed by atoms with E-state index in [0.29, 0.717) is 42.0 Å². The Hall–Kier alpha value is -3.59. The van der Waals surface area contributed by atoms with Crippen LogP contribution in [0.1, 0.15) is 84.2 Å². The molecule has 0 spiro atoms. The predicted molar refractivity (Wildman–Crippen MR) is 168 cm³/mol. The second-order valence-electron chi connectivity index (χ2n) is 13.5. The van der Waals surface area contributed by atoms with Gasteiger partial charge < -0.3 is 19.1 Å². The van der Waals surface area contributed by atoms with Crippen molar-refractivity contribution in [1.29, 1.82) is 0 Å². The predicted octanol–water partition coefficient (Wildman–Crippen LogP) is 7.79. The highest BCUT2D eigenvalue weighted by molar-refractivity contribution is 5.86. The molecule has 1 aromatic carbocycles. The Morgan fingerprint density at radius 2 is 1.70 bits per heavy atom. The van der Waals surface area contributed by atoms with E-state index in [4.69, 9.17) is 14.2 Å². The molecule has 1 fully saturated rings. The van der Waals surface area contributed by atoms with Crippen LogP contribution in [0.15, 0.2) is 42.7 Å². The third-order valence-electron chi connectivity index (χ3n) is 7.66. The molecule has 0 radical (unpaired) electrons. The number of carbonyl (C=O) groups is 1. The first-order valence-corrected chi connectivity index (χ1v) is 15.3. The SMILES string of the molecule is Cc1ncc(-c2ncc(OCCc3ccc(F)cc3)cc2F)c(N2CCC(C)(C)CC2)c1[C@H](OC(C)(C)C)C(=O)OC(C)C. The molecule has 1 aliphatic rings. The maximum Gasteiger partial charge on any atom is 0.340 e. The van der Waals surface area contributed by atoms with Gasteiger partial charge in [-0.25, -0.2) is 18.6 Å². The zero-order valence-corrected chi connectivity index (χ0v) is 27.2. The van der Waals surface area contributed by atoms with E-state index in [-0.39, 0.29) is 35.4 Å². The molecule has 238 valence electrons. The van der Waals surface area contributed by atoms with Crippen molar-refractivity contribution in [3.63, 3.8) is 0 Å². The summed E-state index contributed by atoms with van der Waals surface area (Å²) in [5.74, 6) is -1.11.